The molecule has 0 aromatic rings. The van der Waals surface area contributed by atoms with E-state index in [1.54, 1.807) is 0 Å². The van der Waals surface area contributed by atoms with Crippen LogP contribution in [0, 0.1) is 11.8 Å². The van der Waals surface area contributed by atoms with Gasteiger partial charge in [-0.1, -0.05) is 12.5 Å². The van der Waals surface area contributed by atoms with E-state index >= 15 is 0 Å². The molecule has 0 aliphatic heterocycles. The third-order valence-corrected chi connectivity index (χ3v) is 3.56. The van der Waals surface area contributed by atoms with Crippen molar-refractivity contribution in [2.24, 2.45) is 11.8 Å². The van der Waals surface area contributed by atoms with E-state index in [2.05, 4.69) is 11.4 Å². The predicted molar refractivity (Wildman–Crippen MR) is 69.2 cm³/mol. The first-order chi connectivity index (χ1) is 8.70. The maximum atomic E-state index is 12.0. The number of hydrogen-bond acceptors (Lipinski definition) is 2. The van der Waals surface area contributed by atoms with Gasteiger partial charge in [0.25, 0.3) is 0 Å². The van der Waals surface area contributed by atoms with E-state index in [1.807, 2.05) is 6.08 Å². The average molecular weight is 248 g/mol. The van der Waals surface area contributed by atoms with Gasteiger partial charge in [-0.3, -0.25) is 9.59 Å². The smallest absolute Gasteiger partial charge is 0.323 e. The minimum Gasteiger partial charge on any atom is -0.361 e. The lowest BCUT2D eigenvalue weighted by Crippen LogP contribution is -2.26. The summed E-state index contributed by atoms with van der Waals surface area (Å²) in [5.74, 6) is -0.479. The molecular formula is C14H20N2O2. The molecule has 0 aromatic heterocycles. The molecule has 2 atom stereocenters. The summed E-state index contributed by atoms with van der Waals surface area (Å²) in [7, 11) is 0. The molecule has 4 heteroatoms. The summed E-state index contributed by atoms with van der Waals surface area (Å²) in [5, 5.41) is 0. The second kappa shape index (κ2) is 7.72. The second-order valence-corrected chi connectivity index (χ2v) is 4.79. The molecule has 1 aliphatic rings. The van der Waals surface area contributed by atoms with Crippen molar-refractivity contribution in [3.63, 3.8) is 0 Å². The molecule has 1 aliphatic carbocycles. The van der Waals surface area contributed by atoms with E-state index in [0.29, 0.717) is 6.42 Å². The highest BCUT2D eigenvalue weighted by Gasteiger charge is 2.37. The lowest BCUT2D eigenvalue weighted by Gasteiger charge is -2.14. The van der Waals surface area contributed by atoms with Gasteiger partial charge >= 0.3 is 6.21 Å². The van der Waals surface area contributed by atoms with Crippen LogP contribution in [-0.4, -0.2) is 22.6 Å². The number of rotatable bonds is 8. The molecular weight excluding hydrogens is 228 g/mol. The van der Waals surface area contributed by atoms with Gasteiger partial charge in [-0.2, -0.15) is 4.79 Å². The minimum atomic E-state index is -0.271. The SMILES string of the molecule is C=CCCCCC(=O)[C@H]1CCC[C@H]1C(=O)C=[N+]=[N-]. The van der Waals surface area contributed by atoms with Gasteiger partial charge in [0.1, 0.15) is 5.78 Å². The Balaban J connectivity index is 2.47. The Morgan fingerprint density at radius 3 is 2.67 bits per heavy atom. The highest BCUT2D eigenvalue weighted by Crippen LogP contribution is 2.33. The average Bonchev–Trinajstić information content (AvgIpc) is 2.84. The van der Waals surface area contributed by atoms with E-state index in [-0.39, 0.29) is 23.4 Å². The molecule has 0 spiro atoms. The second-order valence-electron chi connectivity index (χ2n) is 4.79. The zero-order chi connectivity index (χ0) is 13.4. The number of Topliss-reactive ketones (excluding diaryl/α,β-unsaturated/α-hetero) is 2. The Bertz CT molecular complexity index is 370. The maximum absolute atomic E-state index is 12.0. The van der Waals surface area contributed by atoms with Crippen LogP contribution in [0.2, 0.25) is 0 Å². The Kier molecular flexibility index (Phi) is 6.23. The number of hydrogen-bond donors (Lipinski definition) is 0. The van der Waals surface area contributed by atoms with Gasteiger partial charge < -0.3 is 5.53 Å². The summed E-state index contributed by atoms with van der Waals surface area (Å²) < 4.78 is 0. The summed E-state index contributed by atoms with van der Waals surface area (Å²) in [4.78, 5) is 26.5. The zero-order valence-corrected chi connectivity index (χ0v) is 10.7. The summed E-state index contributed by atoms with van der Waals surface area (Å²) in [5.41, 5.74) is 8.38. The van der Waals surface area contributed by atoms with E-state index < -0.39 is 0 Å². The van der Waals surface area contributed by atoms with E-state index in [9.17, 15) is 9.59 Å². The quantitative estimate of drug-likeness (QED) is 0.218. The Morgan fingerprint density at radius 1 is 1.28 bits per heavy atom. The van der Waals surface area contributed by atoms with Crippen LogP contribution in [0.4, 0.5) is 0 Å². The topological polar surface area (TPSA) is 70.5 Å². The molecule has 1 fully saturated rings. The molecule has 0 aromatic carbocycles. The highest BCUT2D eigenvalue weighted by molar-refractivity contribution is 6.27. The van der Waals surface area contributed by atoms with E-state index in [1.165, 1.54) is 0 Å². The first-order valence-corrected chi connectivity index (χ1v) is 6.55. The van der Waals surface area contributed by atoms with Crippen LogP contribution in [0.3, 0.4) is 0 Å². The van der Waals surface area contributed by atoms with Crippen molar-refractivity contribution < 1.29 is 14.4 Å². The maximum Gasteiger partial charge on any atom is 0.323 e. The molecule has 1 rings (SSSR count). The highest BCUT2D eigenvalue weighted by atomic mass is 16.1. The number of carbonyl (C=O) groups excluding carboxylic acids is 2. The van der Waals surface area contributed by atoms with Gasteiger partial charge in [-0.05, 0) is 32.1 Å². The number of nitrogens with zero attached hydrogens (tertiary/aromatic N) is 2. The van der Waals surface area contributed by atoms with Gasteiger partial charge in [-0.25, -0.2) is 0 Å². The third kappa shape index (κ3) is 4.04. The lowest BCUT2D eigenvalue weighted by molar-refractivity contribution is -0.129. The van der Waals surface area contributed by atoms with Crippen LogP contribution < -0.4 is 0 Å². The fourth-order valence-electron chi connectivity index (χ4n) is 2.61. The standard InChI is InChI=1S/C14H20N2O2/c1-2-3-4-5-9-13(17)11-7-6-8-12(11)14(18)10-16-15/h2,10-12H,1,3-9H2/t11-,12+/m0/s1. The van der Waals surface area contributed by atoms with E-state index in [4.69, 9.17) is 5.53 Å². The number of ketones is 2. The fraction of sp³-hybridized carbons (Fsp3) is 0.643. The van der Waals surface area contributed by atoms with Crippen molar-refractivity contribution in [1.29, 1.82) is 0 Å². The van der Waals surface area contributed by atoms with Crippen LogP contribution >= 0.6 is 0 Å². The van der Waals surface area contributed by atoms with Crippen LogP contribution in [0.1, 0.15) is 44.9 Å². The van der Waals surface area contributed by atoms with Gasteiger partial charge in [0.2, 0.25) is 5.78 Å². The number of allylic oxidation sites excluding steroid dienone is 1. The summed E-state index contributed by atoms with van der Waals surface area (Å²) in [6.07, 6.45) is 8.49. The molecule has 4 nitrogen and oxygen atoms in total. The van der Waals surface area contributed by atoms with Crippen LogP contribution in [-0.2, 0) is 9.59 Å². The first kappa shape index (κ1) is 14.5. The largest absolute Gasteiger partial charge is 0.361 e. The third-order valence-electron chi connectivity index (χ3n) is 3.56. The monoisotopic (exact) mass is 248 g/mol. The Labute approximate surface area is 108 Å². The number of unbranched alkanes of at least 4 members (excludes halogenated alkanes) is 2. The molecule has 0 radical (unpaired) electrons. The molecule has 0 bridgehead atoms. The lowest BCUT2D eigenvalue weighted by atomic mass is 9.87. The Morgan fingerprint density at radius 2 is 2.00 bits per heavy atom. The molecule has 98 valence electrons. The van der Waals surface area contributed by atoms with Crippen LogP contribution in [0.5, 0.6) is 0 Å². The van der Waals surface area contributed by atoms with E-state index in [0.717, 1.165) is 44.7 Å². The number of carbonyl (C=O) groups is 2. The van der Waals surface area contributed by atoms with Crippen molar-refractivity contribution in [1.82, 2.24) is 0 Å². The fourth-order valence-corrected chi connectivity index (χ4v) is 2.61. The van der Waals surface area contributed by atoms with Crippen LogP contribution in [0.15, 0.2) is 12.7 Å². The summed E-state index contributed by atoms with van der Waals surface area (Å²) >= 11 is 0. The predicted octanol–water partition coefficient (Wildman–Crippen LogP) is 2.59. The van der Waals surface area contributed by atoms with Gasteiger partial charge in [0, 0.05) is 18.3 Å². The molecule has 0 amide bonds. The van der Waals surface area contributed by atoms with Crippen molar-refractivity contribution in [3.05, 3.63) is 18.2 Å². The van der Waals surface area contributed by atoms with Crippen molar-refractivity contribution in [2.75, 3.05) is 0 Å². The molecule has 0 unspecified atom stereocenters. The summed E-state index contributed by atoms with van der Waals surface area (Å²) in [6.45, 7) is 3.64. The minimum absolute atomic E-state index is 0.167. The normalized spacial score (nSPS) is 22.2. The Hall–Kier alpha value is -1.54. The van der Waals surface area contributed by atoms with Crippen molar-refractivity contribution in [2.45, 2.75) is 44.9 Å². The molecule has 18 heavy (non-hydrogen) atoms. The van der Waals surface area contributed by atoms with Crippen molar-refractivity contribution >= 4 is 17.8 Å². The van der Waals surface area contributed by atoms with Crippen molar-refractivity contribution in [3.8, 4) is 0 Å². The van der Waals surface area contributed by atoms with Crippen LogP contribution in [0.25, 0.3) is 5.53 Å². The van der Waals surface area contributed by atoms with Gasteiger partial charge in [-0.15, -0.1) is 6.58 Å². The van der Waals surface area contributed by atoms with Gasteiger partial charge in [0.15, 0.2) is 0 Å². The van der Waals surface area contributed by atoms with Gasteiger partial charge in [0.05, 0.1) is 0 Å². The molecule has 0 saturated heterocycles. The molecule has 1 saturated carbocycles. The molecule has 0 heterocycles. The summed E-state index contributed by atoms with van der Waals surface area (Å²) in [6, 6.07) is 0. The molecule has 0 N–H and O–H groups in total. The first-order valence-electron chi connectivity index (χ1n) is 6.55. The zero-order valence-electron chi connectivity index (χ0n) is 10.7.